The van der Waals surface area contributed by atoms with Gasteiger partial charge in [-0.15, -0.1) is 0 Å². The SMILES string of the molecule is COc1ccc(CNC(=S)N2Cc3c(OC)ccc(OC)c3[C@H](O)C2)cc1. The van der Waals surface area contributed by atoms with Crippen LogP contribution in [0.4, 0.5) is 0 Å². The lowest BCUT2D eigenvalue weighted by Crippen LogP contribution is -2.44. The Morgan fingerprint density at radius 2 is 1.74 bits per heavy atom. The topological polar surface area (TPSA) is 63.2 Å². The summed E-state index contributed by atoms with van der Waals surface area (Å²) in [4.78, 5) is 1.94. The van der Waals surface area contributed by atoms with Gasteiger partial charge in [0.15, 0.2) is 5.11 Å². The molecule has 2 aromatic carbocycles. The Bertz CT molecular complexity index is 810. The fourth-order valence-electron chi connectivity index (χ4n) is 3.26. The summed E-state index contributed by atoms with van der Waals surface area (Å²) in [7, 11) is 4.86. The van der Waals surface area contributed by atoms with Crippen LogP contribution in [0.5, 0.6) is 17.2 Å². The van der Waals surface area contributed by atoms with Crippen LogP contribution in [0.2, 0.25) is 0 Å². The molecule has 0 amide bonds. The molecule has 0 fully saturated rings. The minimum Gasteiger partial charge on any atom is -0.497 e. The van der Waals surface area contributed by atoms with Gasteiger partial charge < -0.3 is 29.5 Å². The number of aliphatic hydroxyl groups is 1. The van der Waals surface area contributed by atoms with E-state index in [0.29, 0.717) is 36.2 Å². The summed E-state index contributed by atoms with van der Waals surface area (Å²) in [5.41, 5.74) is 2.76. The average Bonchev–Trinajstić information content (AvgIpc) is 2.71. The van der Waals surface area contributed by atoms with E-state index >= 15 is 0 Å². The Balaban J connectivity index is 1.72. The molecule has 1 atom stereocenters. The second-order valence-corrected chi connectivity index (χ2v) is 6.65. The van der Waals surface area contributed by atoms with Crippen LogP contribution in [-0.2, 0) is 13.1 Å². The lowest BCUT2D eigenvalue weighted by molar-refractivity contribution is 0.122. The highest BCUT2D eigenvalue weighted by molar-refractivity contribution is 7.80. The molecule has 2 aromatic rings. The normalized spacial score (nSPS) is 15.7. The fourth-order valence-corrected chi connectivity index (χ4v) is 3.48. The van der Waals surface area contributed by atoms with E-state index in [0.717, 1.165) is 22.4 Å². The van der Waals surface area contributed by atoms with Gasteiger partial charge in [0, 0.05) is 24.2 Å². The number of nitrogens with one attached hydrogen (secondary N) is 1. The monoisotopic (exact) mass is 388 g/mol. The summed E-state index contributed by atoms with van der Waals surface area (Å²) >= 11 is 5.55. The van der Waals surface area contributed by atoms with Crippen molar-refractivity contribution in [2.75, 3.05) is 27.9 Å². The van der Waals surface area contributed by atoms with Gasteiger partial charge in [0.2, 0.25) is 0 Å². The first-order valence-corrected chi connectivity index (χ1v) is 9.05. The van der Waals surface area contributed by atoms with Gasteiger partial charge in [-0.25, -0.2) is 0 Å². The summed E-state index contributed by atoms with van der Waals surface area (Å²) in [6.45, 7) is 1.53. The van der Waals surface area contributed by atoms with Crippen molar-refractivity contribution in [3.05, 3.63) is 53.1 Å². The molecule has 2 N–H and O–H groups in total. The van der Waals surface area contributed by atoms with Crippen molar-refractivity contribution >= 4 is 17.3 Å². The van der Waals surface area contributed by atoms with Crippen LogP contribution in [0, 0.1) is 0 Å². The van der Waals surface area contributed by atoms with Gasteiger partial charge in [-0.05, 0) is 42.0 Å². The van der Waals surface area contributed by atoms with E-state index in [-0.39, 0.29) is 0 Å². The van der Waals surface area contributed by atoms with E-state index < -0.39 is 6.10 Å². The molecule has 1 heterocycles. The van der Waals surface area contributed by atoms with Crippen LogP contribution >= 0.6 is 12.2 Å². The van der Waals surface area contributed by atoms with E-state index in [9.17, 15) is 5.11 Å². The van der Waals surface area contributed by atoms with Crippen molar-refractivity contribution < 1.29 is 19.3 Å². The number of fused-ring (bicyclic) bond motifs is 1. The Morgan fingerprint density at radius 3 is 2.37 bits per heavy atom. The summed E-state index contributed by atoms with van der Waals surface area (Å²) in [5.74, 6) is 2.20. The summed E-state index contributed by atoms with van der Waals surface area (Å²) in [6.07, 6.45) is -0.709. The van der Waals surface area contributed by atoms with Crippen molar-refractivity contribution in [1.29, 1.82) is 0 Å². The maximum Gasteiger partial charge on any atom is 0.169 e. The molecule has 0 radical (unpaired) electrons. The molecular weight excluding hydrogens is 364 g/mol. The third kappa shape index (κ3) is 4.09. The number of ether oxygens (including phenoxy) is 3. The van der Waals surface area contributed by atoms with Crippen molar-refractivity contribution in [2.45, 2.75) is 19.2 Å². The molecule has 0 aliphatic carbocycles. The minimum atomic E-state index is -0.709. The van der Waals surface area contributed by atoms with E-state index in [1.54, 1.807) is 21.3 Å². The van der Waals surface area contributed by atoms with Gasteiger partial charge in [0.25, 0.3) is 0 Å². The summed E-state index contributed by atoms with van der Waals surface area (Å²) < 4.78 is 16.1. The molecule has 0 saturated carbocycles. The zero-order valence-corrected chi connectivity index (χ0v) is 16.5. The average molecular weight is 388 g/mol. The Morgan fingerprint density at radius 1 is 1.07 bits per heavy atom. The Kier molecular flexibility index (Phi) is 6.03. The first kappa shape index (κ1) is 19.3. The zero-order valence-electron chi connectivity index (χ0n) is 15.7. The van der Waals surface area contributed by atoms with Crippen molar-refractivity contribution in [1.82, 2.24) is 10.2 Å². The summed E-state index contributed by atoms with van der Waals surface area (Å²) in [5, 5.41) is 14.5. The number of aliphatic hydroxyl groups excluding tert-OH is 1. The summed E-state index contributed by atoms with van der Waals surface area (Å²) in [6, 6.07) is 11.5. The molecule has 1 aliphatic heterocycles. The molecule has 0 spiro atoms. The van der Waals surface area contributed by atoms with E-state index in [1.807, 2.05) is 41.3 Å². The second-order valence-electron chi connectivity index (χ2n) is 6.27. The molecular formula is C20H24N2O4S. The quantitative estimate of drug-likeness (QED) is 0.764. The highest BCUT2D eigenvalue weighted by Gasteiger charge is 2.30. The lowest BCUT2D eigenvalue weighted by Gasteiger charge is -2.35. The minimum absolute atomic E-state index is 0.394. The molecule has 7 heteroatoms. The number of benzene rings is 2. The molecule has 0 aromatic heterocycles. The lowest BCUT2D eigenvalue weighted by atomic mass is 9.95. The van der Waals surface area contributed by atoms with Gasteiger partial charge >= 0.3 is 0 Å². The maximum atomic E-state index is 10.7. The van der Waals surface area contributed by atoms with Crippen LogP contribution in [-0.4, -0.2) is 43.0 Å². The predicted molar refractivity (Wildman–Crippen MR) is 107 cm³/mol. The van der Waals surface area contributed by atoms with Crippen LogP contribution in [0.15, 0.2) is 36.4 Å². The first-order valence-electron chi connectivity index (χ1n) is 8.65. The standard InChI is InChI=1S/C20H24N2O4S/c1-24-14-6-4-13(5-7-14)10-21-20(27)22-11-15-17(25-2)8-9-18(26-3)19(15)16(23)12-22/h4-9,16,23H,10-12H2,1-3H3,(H,21,27)/t16-/m1/s1. The number of nitrogens with zero attached hydrogens (tertiary/aromatic N) is 1. The third-order valence-electron chi connectivity index (χ3n) is 4.68. The van der Waals surface area contributed by atoms with Gasteiger partial charge in [0.1, 0.15) is 23.4 Å². The predicted octanol–water partition coefficient (Wildman–Crippen LogP) is 2.64. The van der Waals surface area contributed by atoms with Gasteiger partial charge in [-0.2, -0.15) is 0 Å². The molecule has 0 unspecified atom stereocenters. The molecule has 144 valence electrons. The molecule has 27 heavy (non-hydrogen) atoms. The van der Waals surface area contributed by atoms with Crippen molar-refractivity contribution in [2.24, 2.45) is 0 Å². The highest BCUT2D eigenvalue weighted by Crippen LogP contribution is 2.39. The molecule has 0 bridgehead atoms. The number of rotatable bonds is 5. The zero-order chi connectivity index (χ0) is 19.4. The highest BCUT2D eigenvalue weighted by atomic mass is 32.1. The van der Waals surface area contributed by atoms with Gasteiger partial charge in [0.05, 0.1) is 27.9 Å². The number of methoxy groups -OCH3 is 3. The van der Waals surface area contributed by atoms with Crippen molar-refractivity contribution in [3.63, 3.8) is 0 Å². The first-order chi connectivity index (χ1) is 13.1. The largest absolute Gasteiger partial charge is 0.497 e. The fraction of sp³-hybridized carbons (Fsp3) is 0.350. The molecule has 1 aliphatic rings. The van der Waals surface area contributed by atoms with E-state index in [4.69, 9.17) is 26.4 Å². The van der Waals surface area contributed by atoms with Crippen LogP contribution < -0.4 is 19.5 Å². The number of thiocarbonyl (C=S) groups is 1. The Labute approximate surface area is 164 Å². The number of hydrogen-bond donors (Lipinski definition) is 2. The van der Waals surface area contributed by atoms with Gasteiger partial charge in [-0.3, -0.25) is 0 Å². The van der Waals surface area contributed by atoms with Crippen LogP contribution in [0.3, 0.4) is 0 Å². The molecule has 3 rings (SSSR count). The van der Waals surface area contributed by atoms with Gasteiger partial charge in [-0.1, -0.05) is 12.1 Å². The molecule has 6 nitrogen and oxygen atoms in total. The Hall–Kier alpha value is -2.51. The van der Waals surface area contributed by atoms with E-state index in [1.165, 1.54) is 0 Å². The number of β-amino-alcohol motifs (C(OH)–C–C–N with tert-alkyl or cyclic N) is 1. The smallest absolute Gasteiger partial charge is 0.169 e. The third-order valence-corrected chi connectivity index (χ3v) is 5.08. The second kappa shape index (κ2) is 8.45. The number of hydrogen-bond acceptors (Lipinski definition) is 5. The van der Waals surface area contributed by atoms with E-state index in [2.05, 4.69) is 5.32 Å². The molecule has 0 saturated heterocycles. The maximum absolute atomic E-state index is 10.7. The van der Waals surface area contributed by atoms with Crippen LogP contribution in [0.25, 0.3) is 0 Å². The van der Waals surface area contributed by atoms with Crippen LogP contribution in [0.1, 0.15) is 22.8 Å². The van der Waals surface area contributed by atoms with Crippen molar-refractivity contribution in [3.8, 4) is 17.2 Å².